The van der Waals surface area contributed by atoms with E-state index in [1.807, 2.05) is 30.3 Å². The Morgan fingerprint density at radius 1 is 0.973 bits per heavy atom. The summed E-state index contributed by atoms with van der Waals surface area (Å²) in [6, 6.07) is 15.1. The number of rotatable bonds is 5. The van der Waals surface area contributed by atoms with Crippen LogP contribution < -0.4 is 14.9 Å². The van der Waals surface area contributed by atoms with Gasteiger partial charge >= 0.3 is 0 Å². The zero-order valence-electron chi connectivity index (χ0n) is 19.6. The van der Waals surface area contributed by atoms with Crippen molar-refractivity contribution in [1.29, 1.82) is 0 Å². The highest BCUT2D eigenvalue weighted by atomic mass is 32.2. The van der Waals surface area contributed by atoms with Crippen LogP contribution in [0.4, 0.5) is 17.5 Å². The van der Waals surface area contributed by atoms with Crippen molar-refractivity contribution >= 4 is 68.7 Å². The van der Waals surface area contributed by atoms with Crippen molar-refractivity contribution in [2.45, 2.75) is 4.90 Å². The fraction of sp³-hybridized carbons (Fsp3) is 0.160. The van der Waals surface area contributed by atoms with Gasteiger partial charge in [-0.1, -0.05) is 0 Å². The number of nitrogens with zero attached hydrogens (tertiary/aromatic N) is 6. The van der Waals surface area contributed by atoms with Crippen molar-refractivity contribution in [3.8, 4) is 5.75 Å². The Morgan fingerprint density at radius 2 is 1.76 bits per heavy atom. The lowest BCUT2D eigenvalue weighted by molar-refractivity contribution is 0.390. The van der Waals surface area contributed by atoms with E-state index in [9.17, 15) is 5.11 Å². The highest BCUT2D eigenvalue weighted by Crippen LogP contribution is 2.33. The Morgan fingerprint density at radius 3 is 2.54 bits per heavy atom. The number of hydrogen-bond donors (Lipinski definition) is 4. The van der Waals surface area contributed by atoms with Gasteiger partial charge in [-0.3, -0.25) is 4.72 Å². The number of H-pyrrole nitrogens is 1. The first-order valence-electron chi connectivity index (χ1n) is 11.7. The van der Waals surface area contributed by atoms with E-state index in [-0.39, 0.29) is 5.75 Å². The summed E-state index contributed by atoms with van der Waals surface area (Å²) in [4.78, 5) is 26.1. The SMILES string of the molecule is Oc1ccc2c(c1)[nH]c1ncnc(N3CCN(C(=S)Nc4ccc(SNc5ncccn5)cc4)CC3)c12. The van der Waals surface area contributed by atoms with Crippen LogP contribution in [0.3, 0.4) is 0 Å². The smallest absolute Gasteiger partial charge is 0.233 e. The number of anilines is 3. The number of phenols is 1. The molecule has 0 amide bonds. The predicted octanol–water partition coefficient (Wildman–Crippen LogP) is 4.24. The summed E-state index contributed by atoms with van der Waals surface area (Å²) in [6.07, 6.45) is 4.98. The number of benzene rings is 2. The van der Waals surface area contributed by atoms with Crippen LogP contribution in [-0.2, 0) is 0 Å². The van der Waals surface area contributed by atoms with Gasteiger partial charge < -0.3 is 25.2 Å². The van der Waals surface area contributed by atoms with E-state index in [1.54, 1.807) is 36.9 Å². The molecule has 37 heavy (non-hydrogen) atoms. The molecule has 1 fully saturated rings. The van der Waals surface area contributed by atoms with Crippen LogP contribution in [-0.4, -0.2) is 66.2 Å². The number of nitrogens with one attached hydrogen (secondary N) is 3. The maximum atomic E-state index is 9.84. The molecule has 1 aliphatic rings. The number of aromatic hydroxyl groups is 1. The van der Waals surface area contributed by atoms with E-state index in [1.165, 1.54) is 11.9 Å². The molecule has 1 saturated heterocycles. The third-order valence-electron chi connectivity index (χ3n) is 6.15. The van der Waals surface area contributed by atoms with Gasteiger partial charge in [0.15, 0.2) is 5.11 Å². The van der Waals surface area contributed by atoms with E-state index >= 15 is 0 Å². The van der Waals surface area contributed by atoms with Crippen LogP contribution in [0.5, 0.6) is 5.75 Å². The van der Waals surface area contributed by atoms with Gasteiger partial charge in [-0.2, -0.15) is 0 Å². The summed E-state index contributed by atoms with van der Waals surface area (Å²) in [5.74, 6) is 1.68. The third-order valence-corrected chi connectivity index (χ3v) is 7.30. The Balaban J connectivity index is 1.07. The minimum atomic E-state index is 0.218. The normalized spacial score (nSPS) is 13.7. The average Bonchev–Trinajstić information content (AvgIpc) is 3.31. The Kier molecular flexibility index (Phi) is 6.33. The molecule has 0 aliphatic carbocycles. The molecule has 1 aliphatic heterocycles. The summed E-state index contributed by atoms with van der Waals surface area (Å²) >= 11 is 7.16. The molecule has 0 atom stereocenters. The van der Waals surface area contributed by atoms with E-state index in [0.29, 0.717) is 11.1 Å². The molecule has 0 unspecified atom stereocenters. The van der Waals surface area contributed by atoms with E-state index in [2.05, 4.69) is 44.8 Å². The Hall–Kier alpha value is -4.16. The first-order chi connectivity index (χ1) is 18.1. The van der Waals surface area contributed by atoms with Crippen molar-refractivity contribution in [2.24, 2.45) is 0 Å². The molecule has 4 N–H and O–H groups in total. The fourth-order valence-corrected chi connectivity index (χ4v) is 5.21. The summed E-state index contributed by atoms with van der Waals surface area (Å²) < 4.78 is 3.13. The van der Waals surface area contributed by atoms with Crippen LogP contribution in [0.2, 0.25) is 0 Å². The molecule has 186 valence electrons. The highest BCUT2D eigenvalue weighted by Gasteiger charge is 2.23. The molecule has 0 bridgehead atoms. The number of fused-ring (bicyclic) bond motifs is 3. The van der Waals surface area contributed by atoms with Crippen LogP contribution in [0, 0.1) is 0 Å². The lowest BCUT2D eigenvalue weighted by Crippen LogP contribution is -2.50. The first-order valence-corrected chi connectivity index (χ1v) is 12.9. The number of piperazine rings is 1. The first kappa shape index (κ1) is 23.3. The minimum Gasteiger partial charge on any atom is -0.508 e. The second-order valence-electron chi connectivity index (χ2n) is 8.48. The van der Waals surface area contributed by atoms with Crippen LogP contribution in [0.25, 0.3) is 21.9 Å². The van der Waals surface area contributed by atoms with Gasteiger partial charge in [0.2, 0.25) is 5.95 Å². The fourth-order valence-electron chi connectivity index (χ4n) is 4.33. The molecule has 6 rings (SSSR count). The summed E-state index contributed by atoms with van der Waals surface area (Å²) in [5.41, 5.74) is 2.54. The number of phenolic OH excluding ortho intramolecular Hbond substituents is 1. The van der Waals surface area contributed by atoms with Crippen molar-refractivity contribution in [3.63, 3.8) is 0 Å². The van der Waals surface area contributed by atoms with Gasteiger partial charge in [-0.15, -0.1) is 0 Å². The highest BCUT2D eigenvalue weighted by molar-refractivity contribution is 8.00. The molecule has 10 nitrogen and oxygen atoms in total. The monoisotopic (exact) mass is 529 g/mol. The zero-order chi connectivity index (χ0) is 25.2. The molecule has 3 aromatic heterocycles. The number of thiocarbonyl (C=S) groups is 1. The van der Waals surface area contributed by atoms with Gasteiger partial charge in [0, 0.05) is 60.6 Å². The third kappa shape index (κ3) is 4.93. The molecule has 2 aromatic carbocycles. The predicted molar refractivity (Wildman–Crippen MR) is 151 cm³/mol. The zero-order valence-corrected chi connectivity index (χ0v) is 21.3. The molecular weight excluding hydrogens is 506 g/mol. The van der Waals surface area contributed by atoms with E-state index < -0.39 is 0 Å². The van der Waals surface area contributed by atoms with E-state index in [4.69, 9.17) is 12.2 Å². The van der Waals surface area contributed by atoms with Crippen molar-refractivity contribution in [3.05, 3.63) is 67.3 Å². The molecular formula is C25H23N9OS2. The van der Waals surface area contributed by atoms with Crippen LogP contribution in [0.15, 0.2) is 72.1 Å². The molecule has 12 heteroatoms. The van der Waals surface area contributed by atoms with Gasteiger partial charge in [-0.25, -0.2) is 19.9 Å². The second-order valence-corrected chi connectivity index (χ2v) is 9.75. The Bertz CT molecular complexity index is 1550. The van der Waals surface area contributed by atoms with Crippen molar-refractivity contribution in [2.75, 3.05) is 41.1 Å². The topological polar surface area (TPSA) is 118 Å². The van der Waals surface area contributed by atoms with Gasteiger partial charge in [0.1, 0.15) is 23.5 Å². The Labute approximate surface area is 222 Å². The minimum absolute atomic E-state index is 0.218. The number of aromatic nitrogens is 5. The van der Waals surface area contributed by atoms with E-state index in [0.717, 1.165) is 64.5 Å². The summed E-state index contributed by atoms with van der Waals surface area (Å²) in [6.45, 7) is 3.10. The maximum absolute atomic E-state index is 9.84. The standard InChI is InChI=1S/C25H23N9OS2/c35-17-4-7-19-20(14-17)31-22-21(19)23(29-15-28-22)33-10-12-34(13-11-33)25(36)30-16-2-5-18(6-3-16)37-32-24-26-8-1-9-27-24/h1-9,14-15,35H,10-13H2,(H,30,36)(H,26,27,32)(H,28,29,31). The lowest BCUT2D eigenvalue weighted by Gasteiger charge is -2.37. The van der Waals surface area contributed by atoms with Gasteiger partial charge in [0.25, 0.3) is 0 Å². The van der Waals surface area contributed by atoms with Gasteiger partial charge in [0.05, 0.1) is 10.9 Å². The van der Waals surface area contributed by atoms with Crippen molar-refractivity contribution < 1.29 is 5.11 Å². The molecule has 4 heterocycles. The van der Waals surface area contributed by atoms with Gasteiger partial charge in [-0.05, 0) is 66.6 Å². The summed E-state index contributed by atoms with van der Waals surface area (Å²) in [5, 5.41) is 15.9. The summed E-state index contributed by atoms with van der Waals surface area (Å²) in [7, 11) is 0. The molecule has 0 spiro atoms. The quantitative estimate of drug-likeness (QED) is 0.193. The largest absolute Gasteiger partial charge is 0.508 e. The maximum Gasteiger partial charge on any atom is 0.233 e. The van der Waals surface area contributed by atoms with Crippen LogP contribution >= 0.6 is 24.2 Å². The molecule has 0 radical (unpaired) electrons. The molecule has 0 saturated carbocycles. The number of aromatic amines is 1. The second kappa shape index (κ2) is 10.1. The van der Waals surface area contributed by atoms with Crippen molar-refractivity contribution in [1.82, 2.24) is 29.8 Å². The molecule has 5 aromatic rings. The average molecular weight is 530 g/mol. The number of hydrogen-bond acceptors (Lipinski definition) is 9. The lowest BCUT2D eigenvalue weighted by atomic mass is 10.2. The van der Waals surface area contributed by atoms with Crippen LogP contribution in [0.1, 0.15) is 0 Å².